The summed E-state index contributed by atoms with van der Waals surface area (Å²) >= 11 is 5.15. The molecule has 2 rings (SSSR count). The largest absolute Gasteiger partial charge is 0.389 e. The Morgan fingerprint density at radius 2 is 2.05 bits per heavy atom. The summed E-state index contributed by atoms with van der Waals surface area (Å²) in [6, 6.07) is 2.05. The molecule has 1 heterocycles. The molecular weight excluding hydrogens is 254 g/mol. The lowest BCUT2D eigenvalue weighted by Crippen LogP contribution is -2.21. The second-order valence-corrected chi connectivity index (χ2v) is 5.96. The van der Waals surface area contributed by atoms with Gasteiger partial charge in [-0.2, -0.15) is 0 Å². The van der Waals surface area contributed by atoms with E-state index < -0.39 is 0 Å². The topological polar surface area (TPSA) is 50.9 Å². The number of rotatable bonds is 4. The lowest BCUT2D eigenvalue weighted by atomic mass is 9.89. The molecule has 1 aromatic rings. The number of hydrogen-bond acceptors (Lipinski definition) is 3. The Balaban J connectivity index is 2.12. The summed E-state index contributed by atoms with van der Waals surface area (Å²) in [5.74, 6) is 0.779. The van der Waals surface area contributed by atoms with Gasteiger partial charge in [-0.1, -0.05) is 31.5 Å². The zero-order valence-electron chi connectivity index (χ0n) is 11.8. The van der Waals surface area contributed by atoms with Crippen molar-refractivity contribution in [3.05, 3.63) is 23.0 Å². The fourth-order valence-electron chi connectivity index (χ4n) is 2.92. The Labute approximate surface area is 121 Å². The van der Waals surface area contributed by atoms with Gasteiger partial charge in [0.05, 0.1) is 5.56 Å². The van der Waals surface area contributed by atoms with Crippen LogP contribution < -0.4 is 11.1 Å². The molecule has 0 unspecified atom stereocenters. The molecular formula is C15H23N3S. The smallest absolute Gasteiger partial charge is 0.107 e. The first-order chi connectivity index (χ1) is 9.08. The summed E-state index contributed by atoms with van der Waals surface area (Å²) in [7, 11) is 0. The quantitative estimate of drug-likeness (QED) is 0.829. The normalized spacial score (nSPS) is 16.3. The highest BCUT2D eigenvalue weighted by Crippen LogP contribution is 2.25. The summed E-state index contributed by atoms with van der Waals surface area (Å²) < 4.78 is 0. The molecule has 1 aliphatic rings. The molecule has 19 heavy (non-hydrogen) atoms. The van der Waals surface area contributed by atoms with Crippen LogP contribution in [0, 0.1) is 19.8 Å². The number of pyridine rings is 1. The number of nitrogens with two attached hydrogens (primary N) is 1. The lowest BCUT2D eigenvalue weighted by Gasteiger charge is -2.23. The van der Waals surface area contributed by atoms with Crippen LogP contribution >= 0.6 is 12.2 Å². The standard InChI is InChI=1S/C15H23N3S/c1-10-8-13(14(15(16)19)11(2)18-10)17-9-12-6-4-3-5-7-12/h8,12H,3-7,9H2,1-2H3,(H2,16,19)(H,17,18). The predicted molar refractivity (Wildman–Crippen MR) is 84.7 cm³/mol. The molecule has 0 radical (unpaired) electrons. The molecule has 0 atom stereocenters. The van der Waals surface area contributed by atoms with Crippen molar-refractivity contribution >= 4 is 22.9 Å². The molecule has 0 aromatic carbocycles. The Morgan fingerprint density at radius 1 is 1.37 bits per heavy atom. The van der Waals surface area contributed by atoms with E-state index in [0.717, 1.165) is 35.1 Å². The van der Waals surface area contributed by atoms with Gasteiger partial charge >= 0.3 is 0 Å². The predicted octanol–water partition coefficient (Wildman–Crippen LogP) is 3.32. The van der Waals surface area contributed by atoms with E-state index in [4.69, 9.17) is 18.0 Å². The zero-order valence-corrected chi connectivity index (χ0v) is 12.6. The highest BCUT2D eigenvalue weighted by Gasteiger charge is 2.15. The molecule has 4 heteroatoms. The van der Waals surface area contributed by atoms with Crippen LogP contribution in [0.3, 0.4) is 0 Å². The van der Waals surface area contributed by atoms with E-state index in [1.54, 1.807) is 0 Å². The first kappa shape index (κ1) is 14.3. The average molecular weight is 277 g/mol. The van der Waals surface area contributed by atoms with Gasteiger partial charge in [-0.25, -0.2) is 0 Å². The number of nitrogens with zero attached hydrogens (tertiary/aromatic N) is 1. The van der Waals surface area contributed by atoms with Crippen molar-refractivity contribution in [3.8, 4) is 0 Å². The van der Waals surface area contributed by atoms with Crippen molar-refractivity contribution in [2.75, 3.05) is 11.9 Å². The first-order valence-corrected chi connectivity index (χ1v) is 7.50. The molecule has 1 fully saturated rings. The van der Waals surface area contributed by atoms with E-state index in [2.05, 4.69) is 10.3 Å². The van der Waals surface area contributed by atoms with Gasteiger partial charge in [0, 0.05) is 23.6 Å². The van der Waals surface area contributed by atoms with Crippen molar-refractivity contribution in [1.82, 2.24) is 4.98 Å². The third-order valence-electron chi connectivity index (χ3n) is 3.88. The van der Waals surface area contributed by atoms with Crippen molar-refractivity contribution in [2.24, 2.45) is 11.7 Å². The summed E-state index contributed by atoms with van der Waals surface area (Å²) in [6.45, 7) is 4.98. The van der Waals surface area contributed by atoms with Crippen LogP contribution in [0.4, 0.5) is 5.69 Å². The highest BCUT2D eigenvalue weighted by molar-refractivity contribution is 7.80. The van der Waals surface area contributed by atoms with E-state index in [1.165, 1.54) is 32.1 Å². The number of nitrogens with one attached hydrogen (secondary N) is 1. The van der Waals surface area contributed by atoms with Gasteiger partial charge in [-0.3, -0.25) is 4.98 Å². The SMILES string of the molecule is Cc1cc(NCC2CCCCC2)c(C(N)=S)c(C)n1. The van der Waals surface area contributed by atoms with E-state index in [0.29, 0.717) is 4.99 Å². The van der Waals surface area contributed by atoms with Crippen LogP contribution in [-0.2, 0) is 0 Å². The van der Waals surface area contributed by atoms with E-state index in [9.17, 15) is 0 Å². The van der Waals surface area contributed by atoms with Gasteiger partial charge in [0.1, 0.15) is 4.99 Å². The Morgan fingerprint density at radius 3 is 2.68 bits per heavy atom. The summed E-state index contributed by atoms with van der Waals surface area (Å²) in [6.07, 6.45) is 6.78. The average Bonchev–Trinajstić information content (AvgIpc) is 2.36. The van der Waals surface area contributed by atoms with Gasteiger partial charge in [-0.05, 0) is 38.7 Å². The Kier molecular flexibility index (Phi) is 4.75. The third-order valence-corrected chi connectivity index (χ3v) is 4.08. The fraction of sp³-hybridized carbons (Fsp3) is 0.600. The monoisotopic (exact) mass is 277 g/mol. The van der Waals surface area contributed by atoms with Crippen LogP contribution in [0.1, 0.15) is 49.1 Å². The van der Waals surface area contributed by atoms with Crippen molar-refractivity contribution < 1.29 is 0 Å². The second kappa shape index (κ2) is 6.33. The van der Waals surface area contributed by atoms with Crippen LogP contribution in [0.2, 0.25) is 0 Å². The molecule has 0 amide bonds. The zero-order chi connectivity index (χ0) is 13.8. The van der Waals surface area contributed by atoms with Crippen LogP contribution in [0.25, 0.3) is 0 Å². The minimum atomic E-state index is 0.427. The van der Waals surface area contributed by atoms with Crippen molar-refractivity contribution in [3.63, 3.8) is 0 Å². The fourth-order valence-corrected chi connectivity index (χ4v) is 3.18. The molecule has 1 saturated carbocycles. The summed E-state index contributed by atoms with van der Waals surface area (Å²) in [5.41, 5.74) is 9.69. The van der Waals surface area contributed by atoms with E-state index in [-0.39, 0.29) is 0 Å². The molecule has 0 aliphatic heterocycles. The van der Waals surface area contributed by atoms with E-state index in [1.807, 2.05) is 19.9 Å². The molecule has 104 valence electrons. The number of aryl methyl sites for hydroxylation is 2. The maximum Gasteiger partial charge on any atom is 0.107 e. The summed E-state index contributed by atoms with van der Waals surface area (Å²) in [4.78, 5) is 4.87. The second-order valence-electron chi connectivity index (χ2n) is 5.52. The van der Waals surface area contributed by atoms with Gasteiger partial charge in [-0.15, -0.1) is 0 Å². The Bertz CT molecular complexity index is 465. The van der Waals surface area contributed by atoms with Crippen LogP contribution in [-0.4, -0.2) is 16.5 Å². The molecule has 3 nitrogen and oxygen atoms in total. The molecule has 1 aromatic heterocycles. The van der Waals surface area contributed by atoms with Crippen molar-refractivity contribution in [1.29, 1.82) is 0 Å². The molecule has 3 N–H and O–H groups in total. The minimum Gasteiger partial charge on any atom is -0.389 e. The van der Waals surface area contributed by atoms with Gasteiger partial charge in [0.15, 0.2) is 0 Å². The number of aromatic nitrogens is 1. The molecule has 0 spiro atoms. The third kappa shape index (κ3) is 3.66. The van der Waals surface area contributed by atoms with E-state index >= 15 is 0 Å². The van der Waals surface area contributed by atoms with Gasteiger partial charge in [0.2, 0.25) is 0 Å². The first-order valence-electron chi connectivity index (χ1n) is 7.10. The number of thiocarbonyl (C=S) groups is 1. The molecule has 1 aliphatic carbocycles. The minimum absolute atomic E-state index is 0.427. The molecule has 0 saturated heterocycles. The van der Waals surface area contributed by atoms with Gasteiger partial charge in [0.25, 0.3) is 0 Å². The maximum atomic E-state index is 5.83. The Hall–Kier alpha value is -1.16. The number of hydrogen-bond donors (Lipinski definition) is 2. The lowest BCUT2D eigenvalue weighted by molar-refractivity contribution is 0.373. The number of anilines is 1. The highest BCUT2D eigenvalue weighted by atomic mass is 32.1. The molecule has 0 bridgehead atoms. The van der Waals surface area contributed by atoms with Crippen molar-refractivity contribution in [2.45, 2.75) is 46.0 Å². The van der Waals surface area contributed by atoms with Crippen LogP contribution in [0.15, 0.2) is 6.07 Å². The van der Waals surface area contributed by atoms with Gasteiger partial charge < -0.3 is 11.1 Å². The van der Waals surface area contributed by atoms with Crippen LogP contribution in [0.5, 0.6) is 0 Å². The summed E-state index contributed by atoms with van der Waals surface area (Å²) in [5, 5.41) is 3.54. The maximum absolute atomic E-state index is 5.83.